The van der Waals surface area contributed by atoms with Crippen LogP contribution < -0.4 is 5.32 Å². The molecule has 0 atom stereocenters. The van der Waals surface area contributed by atoms with Crippen LogP contribution in [0.5, 0.6) is 0 Å². The van der Waals surface area contributed by atoms with Gasteiger partial charge < -0.3 is 5.32 Å². The lowest BCUT2D eigenvalue weighted by Crippen LogP contribution is -2.13. The number of nitrogens with zero attached hydrogens (tertiary/aromatic N) is 1. The normalized spacial score (nSPS) is 12.1. The van der Waals surface area contributed by atoms with Crippen molar-refractivity contribution in [2.45, 2.75) is 45.0 Å². The Labute approximate surface area is 200 Å². The van der Waals surface area contributed by atoms with Crippen molar-refractivity contribution in [3.05, 3.63) is 84.0 Å². The number of aromatic nitrogens is 1. The van der Waals surface area contributed by atoms with Crippen molar-refractivity contribution in [3.8, 4) is 11.3 Å². The van der Waals surface area contributed by atoms with Crippen LogP contribution in [-0.4, -0.2) is 11.5 Å². The summed E-state index contributed by atoms with van der Waals surface area (Å²) >= 11 is 0. The Balaban J connectivity index is 1.82. The zero-order chi connectivity index (χ0) is 25.8. The maximum atomic E-state index is 13.2. The molecule has 1 heterocycles. The van der Waals surface area contributed by atoms with Gasteiger partial charge in [0.15, 0.2) is 0 Å². The number of allylic oxidation sites excluding steroid dienone is 1. The lowest BCUT2D eigenvalue weighted by Gasteiger charge is -2.14. The second-order valence-corrected chi connectivity index (χ2v) is 8.41. The van der Waals surface area contributed by atoms with Gasteiger partial charge in [-0.15, -0.1) is 0 Å². The fraction of sp³-hybridized carbons (Fsp3) is 0.296. The summed E-state index contributed by atoms with van der Waals surface area (Å²) in [7, 11) is 0. The molecule has 0 saturated heterocycles. The molecule has 0 aliphatic heterocycles. The van der Waals surface area contributed by atoms with Gasteiger partial charge in [-0.1, -0.05) is 44.2 Å². The summed E-state index contributed by atoms with van der Waals surface area (Å²) < 4.78 is 79.2. The summed E-state index contributed by atoms with van der Waals surface area (Å²) in [5, 5.41) is 3.96. The third kappa shape index (κ3) is 6.87. The third-order valence-corrected chi connectivity index (χ3v) is 5.57. The van der Waals surface area contributed by atoms with Gasteiger partial charge in [0.1, 0.15) is 0 Å². The molecular formula is C27H26F6N2. The maximum absolute atomic E-state index is 13.2. The molecule has 8 heteroatoms. The average molecular weight is 493 g/mol. The minimum atomic E-state index is -4.92. The van der Waals surface area contributed by atoms with Crippen molar-refractivity contribution in [3.63, 3.8) is 0 Å². The summed E-state index contributed by atoms with van der Waals surface area (Å²) in [5.74, 6) is 0. The van der Waals surface area contributed by atoms with Crippen LogP contribution in [0.15, 0.2) is 67.3 Å². The Kier molecular flexibility index (Phi) is 7.93. The molecule has 0 saturated carbocycles. The monoisotopic (exact) mass is 492 g/mol. The molecule has 0 spiro atoms. The van der Waals surface area contributed by atoms with Gasteiger partial charge in [-0.3, -0.25) is 0 Å². The highest BCUT2D eigenvalue weighted by molar-refractivity contribution is 5.85. The van der Waals surface area contributed by atoms with Gasteiger partial charge in [-0.2, -0.15) is 26.3 Å². The van der Waals surface area contributed by atoms with Gasteiger partial charge in [-0.05, 0) is 61.2 Å². The van der Waals surface area contributed by atoms with E-state index >= 15 is 0 Å². The van der Waals surface area contributed by atoms with Gasteiger partial charge in [0.05, 0.1) is 22.3 Å². The molecule has 1 N–H and O–H groups in total. The standard InChI is InChI=1S/C27H26F6N2/c1-4-6-17(2)7-5-12-34-18(3)19-8-10-24-20(13-19)9-11-25(35-24)21-14-22(26(28,29)30)16-23(15-21)27(31,32)33/h8-11,13-16,34H,2-7,12H2,1H3. The largest absolute Gasteiger partial charge is 0.416 e. The number of hydrogen-bond acceptors (Lipinski definition) is 2. The highest BCUT2D eigenvalue weighted by atomic mass is 19.4. The van der Waals surface area contributed by atoms with E-state index in [2.05, 4.69) is 30.4 Å². The first-order valence-corrected chi connectivity index (χ1v) is 11.2. The fourth-order valence-corrected chi connectivity index (χ4v) is 3.74. The fourth-order valence-electron chi connectivity index (χ4n) is 3.74. The molecule has 3 rings (SSSR count). The molecule has 186 valence electrons. The van der Waals surface area contributed by atoms with Crippen LogP contribution in [0.2, 0.25) is 0 Å². The number of nitrogens with one attached hydrogen (secondary N) is 1. The zero-order valence-electron chi connectivity index (χ0n) is 19.3. The van der Waals surface area contributed by atoms with Crippen molar-refractivity contribution in [1.82, 2.24) is 10.3 Å². The van der Waals surface area contributed by atoms with Gasteiger partial charge in [-0.25, -0.2) is 4.98 Å². The van der Waals surface area contributed by atoms with E-state index in [1.54, 1.807) is 18.2 Å². The number of halogens is 6. The van der Waals surface area contributed by atoms with E-state index in [4.69, 9.17) is 0 Å². The van der Waals surface area contributed by atoms with E-state index in [-0.39, 0.29) is 17.3 Å². The predicted octanol–water partition coefficient (Wildman–Crippen LogP) is 8.64. The van der Waals surface area contributed by atoms with Crippen molar-refractivity contribution < 1.29 is 26.3 Å². The van der Waals surface area contributed by atoms with E-state index in [9.17, 15) is 26.3 Å². The molecule has 0 radical (unpaired) electrons. The zero-order valence-corrected chi connectivity index (χ0v) is 19.3. The van der Waals surface area contributed by atoms with E-state index in [1.165, 1.54) is 11.6 Å². The first-order chi connectivity index (χ1) is 16.4. The van der Waals surface area contributed by atoms with Gasteiger partial charge in [0.2, 0.25) is 0 Å². The quantitative estimate of drug-likeness (QED) is 0.184. The summed E-state index contributed by atoms with van der Waals surface area (Å²) in [6.07, 6.45) is -5.89. The predicted molar refractivity (Wildman–Crippen MR) is 128 cm³/mol. The SMILES string of the molecule is C=C(CCC)CCCNC(=C)c1ccc2nc(-c3cc(C(F)(F)F)cc(C(F)(F)F)c3)ccc2c1. The highest BCUT2D eigenvalue weighted by Crippen LogP contribution is 2.38. The molecule has 0 aliphatic rings. The first kappa shape index (κ1) is 26.3. The molecule has 0 bridgehead atoms. The number of benzene rings is 2. The van der Waals surface area contributed by atoms with Crippen LogP contribution in [0.4, 0.5) is 26.3 Å². The Morgan fingerprint density at radius 3 is 2.11 bits per heavy atom. The number of pyridine rings is 1. The van der Waals surface area contributed by atoms with E-state index in [0.29, 0.717) is 28.7 Å². The van der Waals surface area contributed by atoms with Crippen LogP contribution >= 0.6 is 0 Å². The minimum Gasteiger partial charge on any atom is -0.385 e. The molecule has 3 aromatic rings. The Morgan fingerprint density at radius 1 is 0.857 bits per heavy atom. The third-order valence-electron chi connectivity index (χ3n) is 5.57. The first-order valence-electron chi connectivity index (χ1n) is 11.2. The number of rotatable bonds is 9. The van der Waals surface area contributed by atoms with E-state index in [0.717, 1.165) is 37.8 Å². The smallest absolute Gasteiger partial charge is 0.385 e. The minimum absolute atomic E-state index is 0.0195. The molecule has 2 nitrogen and oxygen atoms in total. The van der Waals surface area contributed by atoms with Crippen LogP contribution in [0.1, 0.15) is 49.3 Å². The van der Waals surface area contributed by atoms with Crippen LogP contribution in [0.25, 0.3) is 27.9 Å². The maximum Gasteiger partial charge on any atom is 0.416 e. The average Bonchev–Trinajstić information content (AvgIpc) is 2.79. The molecule has 0 amide bonds. The Bertz CT molecular complexity index is 1190. The topological polar surface area (TPSA) is 24.9 Å². The summed E-state index contributed by atoms with van der Waals surface area (Å²) in [6, 6.07) is 9.76. The molecule has 0 aliphatic carbocycles. The van der Waals surface area contributed by atoms with Gasteiger partial charge in [0.25, 0.3) is 0 Å². The summed E-state index contributed by atoms with van der Waals surface area (Å²) in [6.45, 7) is 10.9. The van der Waals surface area contributed by atoms with Crippen molar-refractivity contribution in [1.29, 1.82) is 0 Å². The molecule has 0 fully saturated rings. The van der Waals surface area contributed by atoms with Crippen LogP contribution in [0, 0.1) is 0 Å². The number of fused-ring (bicyclic) bond motifs is 1. The highest BCUT2D eigenvalue weighted by Gasteiger charge is 2.37. The van der Waals surface area contributed by atoms with Gasteiger partial charge in [0, 0.05) is 23.2 Å². The molecule has 1 aromatic heterocycles. The van der Waals surface area contributed by atoms with Crippen LogP contribution in [0.3, 0.4) is 0 Å². The number of hydrogen-bond donors (Lipinski definition) is 1. The van der Waals surface area contributed by atoms with Crippen molar-refractivity contribution in [2.24, 2.45) is 0 Å². The summed E-state index contributed by atoms with van der Waals surface area (Å²) in [5.41, 5.74) is 0.208. The molecule has 35 heavy (non-hydrogen) atoms. The molecule has 0 unspecified atom stereocenters. The number of alkyl halides is 6. The van der Waals surface area contributed by atoms with Crippen molar-refractivity contribution in [2.75, 3.05) is 6.54 Å². The van der Waals surface area contributed by atoms with Gasteiger partial charge >= 0.3 is 12.4 Å². The Morgan fingerprint density at radius 2 is 1.51 bits per heavy atom. The van der Waals surface area contributed by atoms with E-state index < -0.39 is 23.5 Å². The van der Waals surface area contributed by atoms with Crippen LogP contribution in [-0.2, 0) is 12.4 Å². The Hall–Kier alpha value is -3.29. The summed E-state index contributed by atoms with van der Waals surface area (Å²) in [4.78, 5) is 4.31. The second-order valence-electron chi connectivity index (χ2n) is 8.41. The lowest BCUT2D eigenvalue weighted by atomic mass is 10.0. The molecular weight excluding hydrogens is 466 g/mol. The van der Waals surface area contributed by atoms with E-state index in [1.807, 2.05) is 6.07 Å². The second kappa shape index (κ2) is 10.5. The van der Waals surface area contributed by atoms with Crippen molar-refractivity contribution >= 4 is 16.6 Å². The lowest BCUT2D eigenvalue weighted by molar-refractivity contribution is -0.143. The molecule has 2 aromatic carbocycles.